The van der Waals surface area contributed by atoms with Gasteiger partial charge in [0.25, 0.3) is 11.7 Å². The molecule has 1 aliphatic rings. The lowest BCUT2D eigenvalue weighted by Gasteiger charge is -2.25. The van der Waals surface area contributed by atoms with Crippen molar-refractivity contribution in [3.8, 4) is 5.75 Å². The van der Waals surface area contributed by atoms with Crippen molar-refractivity contribution in [2.75, 3.05) is 7.11 Å². The molecule has 1 atom stereocenters. The van der Waals surface area contributed by atoms with Gasteiger partial charge in [-0.15, -0.1) is 0 Å². The van der Waals surface area contributed by atoms with Gasteiger partial charge < -0.3 is 14.7 Å². The number of hydrogen-bond donors (Lipinski definition) is 1. The summed E-state index contributed by atoms with van der Waals surface area (Å²) in [6, 6.07) is 17.2. The van der Waals surface area contributed by atoms with Crippen molar-refractivity contribution in [2.24, 2.45) is 0 Å². The zero-order valence-electron chi connectivity index (χ0n) is 17.3. The largest absolute Gasteiger partial charge is 0.507 e. The number of likely N-dealkylation sites (tertiary alicyclic amines) is 1. The minimum atomic E-state index is -0.753. The van der Waals surface area contributed by atoms with E-state index < -0.39 is 17.7 Å². The van der Waals surface area contributed by atoms with E-state index in [1.807, 2.05) is 31.2 Å². The lowest BCUT2D eigenvalue weighted by molar-refractivity contribution is -0.140. The number of aliphatic hydroxyl groups is 1. The smallest absolute Gasteiger partial charge is 0.295 e. The number of carbonyl (C=O) groups excluding carboxylic acids is 2. The molecule has 0 radical (unpaired) electrons. The van der Waals surface area contributed by atoms with Crippen LogP contribution < -0.4 is 4.74 Å². The van der Waals surface area contributed by atoms with E-state index >= 15 is 0 Å². The van der Waals surface area contributed by atoms with Crippen LogP contribution in [0.25, 0.3) is 5.76 Å². The van der Waals surface area contributed by atoms with Crippen molar-refractivity contribution < 1.29 is 19.4 Å². The fourth-order valence-electron chi connectivity index (χ4n) is 3.76. The Morgan fingerprint density at radius 3 is 2.55 bits per heavy atom. The first kappa shape index (κ1) is 20.3. The lowest BCUT2D eigenvalue weighted by Crippen LogP contribution is -2.29. The standard InChI is InChI=1S/C25H22N2O4/c1-16-8-10-18(11-9-16)23(28)21-22(19-6-3-7-20(13-19)31-2)27(25(30)24(21)29)15-17-5-4-12-26-14-17/h3-14,22,28H,15H2,1-2H3/b23-21-. The average molecular weight is 414 g/mol. The number of carbonyl (C=O) groups is 2. The molecule has 31 heavy (non-hydrogen) atoms. The number of nitrogens with zero attached hydrogens (tertiary/aromatic N) is 2. The minimum Gasteiger partial charge on any atom is -0.507 e. The van der Waals surface area contributed by atoms with Gasteiger partial charge in [0.1, 0.15) is 11.5 Å². The van der Waals surface area contributed by atoms with Crippen LogP contribution >= 0.6 is 0 Å². The van der Waals surface area contributed by atoms with Crippen molar-refractivity contribution >= 4 is 17.4 Å². The molecule has 1 amide bonds. The molecule has 2 aromatic carbocycles. The topological polar surface area (TPSA) is 79.7 Å². The highest BCUT2D eigenvalue weighted by molar-refractivity contribution is 6.46. The van der Waals surface area contributed by atoms with Crippen molar-refractivity contribution in [3.05, 3.63) is 101 Å². The lowest BCUT2D eigenvalue weighted by atomic mass is 9.95. The molecule has 4 rings (SSSR count). The summed E-state index contributed by atoms with van der Waals surface area (Å²) in [5, 5.41) is 11.1. The number of Topliss-reactive ketones (excluding diaryl/α,β-unsaturated/α-hetero) is 1. The zero-order chi connectivity index (χ0) is 22.0. The maximum atomic E-state index is 13.1. The van der Waals surface area contributed by atoms with Crippen LogP contribution in [0, 0.1) is 6.92 Å². The van der Waals surface area contributed by atoms with E-state index in [1.54, 1.807) is 55.9 Å². The maximum absolute atomic E-state index is 13.1. The van der Waals surface area contributed by atoms with Gasteiger partial charge >= 0.3 is 0 Å². The van der Waals surface area contributed by atoms with E-state index in [0.29, 0.717) is 16.9 Å². The molecule has 1 saturated heterocycles. The second-order valence-electron chi connectivity index (χ2n) is 7.43. The molecular formula is C25H22N2O4. The monoisotopic (exact) mass is 414 g/mol. The molecule has 0 spiro atoms. The van der Waals surface area contributed by atoms with Crippen LogP contribution in [0.3, 0.4) is 0 Å². The van der Waals surface area contributed by atoms with E-state index in [0.717, 1.165) is 11.1 Å². The molecule has 6 heteroatoms. The van der Waals surface area contributed by atoms with Gasteiger partial charge in [0.05, 0.1) is 18.7 Å². The number of benzene rings is 2. The van der Waals surface area contributed by atoms with E-state index in [4.69, 9.17) is 4.74 Å². The summed E-state index contributed by atoms with van der Waals surface area (Å²) in [5.74, 6) is -0.972. The molecular weight excluding hydrogens is 392 g/mol. The Bertz CT molecular complexity index is 1150. The fraction of sp³-hybridized carbons (Fsp3) is 0.160. The van der Waals surface area contributed by atoms with Crippen molar-refractivity contribution in [3.63, 3.8) is 0 Å². The predicted octanol–water partition coefficient (Wildman–Crippen LogP) is 4.02. The van der Waals surface area contributed by atoms with Crippen molar-refractivity contribution in [2.45, 2.75) is 19.5 Å². The van der Waals surface area contributed by atoms with E-state index in [-0.39, 0.29) is 17.9 Å². The number of ether oxygens (including phenoxy) is 1. The van der Waals surface area contributed by atoms with E-state index in [2.05, 4.69) is 4.98 Å². The van der Waals surface area contributed by atoms with Crippen LogP contribution in [0.15, 0.2) is 78.6 Å². The Morgan fingerprint density at radius 2 is 1.87 bits per heavy atom. The third kappa shape index (κ3) is 3.92. The summed E-state index contributed by atoms with van der Waals surface area (Å²) >= 11 is 0. The van der Waals surface area contributed by atoms with Gasteiger partial charge in [0.15, 0.2) is 0 Å². The Balaban J connectivity index is 1.87. The van der Waals surface area contributed by atoms with Gasteiger partial charge in [0.2, 0.25) is 0 Å². The second-order valence-corrected chi connectivity index (χ2v) is 7.43. The first-order chi connectivity index (χ1) is 15.0. The highest BCUT2D eigenvalue weighted by Crippen LogP contribution is 2.41. The number of aliphatic hydroxyl groups excluding tert-OH is 1. The number of amides is 1. The number of ketones is 1. The molecule has 156 valence electrons. The van der Waals surface area contributed by atoms with Crippen LogP contribution in [-0.2, 0) is 16.1 Å². The minimum absolute atomic E-state index is 0.0611. The number of aromatic nitrogens is 1. The van der Waals surface area contributed by atoms with Crippen LogP contribution in [-0.4, -0.2) is 33.8 Å². The summed E-state index contributed by atoms with van der Waals surface area (Å²) < 4.78 is 5.34. The quantitative estimate of drug-likeness (QED) is 0.388. The average Bonchev–Trinajstić information content (AvgIpc) is 3.05. The molecule has 1 N–H and O–H groups in total. The molecule has 3 aromatic rings. The molecule has 6 nitrogen and oxygen atoms in total. The number of methoxy groups -OCH3 is 1. The number of pyridine rings is 1. The molecule has 0 bridgehead atoms. The maximum Gasteiger partial charge on any atom is 0.295 e. The first-order valence-electron chi connectivity index (χ1n) is 9.88. The summed E-state index contributed by atoms with van der Waals surface area (Å²) in [4.78, 5) is 31.7. The predicted molar refractivity (Wildman–Crippen MR) is 116 cm³/mol. The third-order valence-electron chi connectivity index (χ3n) is 5.35. The van der Waals surface area contributed by atoms with Crippen LogP contribution in [0.1, 0.15) is 28.3 Å². The Morgan fingerprint density at radius 1 is 1.10 bits per heavy atom. The Kier molecular flexibility index (Phi) is 5.54. The van der Waals surface area contributed by atoms with Gasteiger partial charge in [-0.1, -0.05) is 48.0 Å². The first-order valence-corrected chi connectivity index (χ1v) is 9.88. The molecule has 1 unspecified atom stereocenters. The summed E-state index contributed by atoms with van der Waals surface area (Å²) in [6.07, 6.45) is 3.30. The summed E-state index contributed by atoms with van der Waals surface area (Å²) in [7, 11) is 1.55. The zero-order valence-corrected chi connectivity index (χ0v) is 17.3. The van der Waals surface area contributed by atoms with Crippen LogP contribution in [0.4, 0.5) is 0 Å². The van der Waals surface area contributed by atoms with Gasteiger partial charge in [-0.05, 0) is 36.2 Å². The highest BCUT2D eigenvalue weighted by atomic mass is 16.5. The second kappa shape index (κ2) is 8.44. The molecule has 0 aliphatic carbocycles. The Labute approximate surface area is 180 Å². The number of rotatable bonds is 5. The van der Waals surface area contributed by atoms with E-state index in [9.17, 15) is 14.7 Å². The molecule has 1 aliphatic heterocycles. The summed E-state index contributed by atoms with van der Waals surface area (Å²) in [5.41, 5.74) is 3.03. The fourth-order valence-corrected chi connectivity index (χ4v) is 3.76. The Hall–Kier alpha value is -3.93. The SMILES string of the molecule is COc1cccc(C2/C(=C(/O)c3ccc(C)cc3)C(=O)C(=O)N2Cc2cccnc2)c1. The van der Waals surface area contributed by atoms with Crippen molar-refractivity contribution in [1.82, 2.24) is 9.88 Å². The highest BCUT2D eigenvalue weighted by Gasteiger charge is 2.46. The molecule has 1 aromatic heterocycles. The van der Waals surface area contributed by atoms with E-state index in [1.165, 1.54) is 4.90 Å². The van der Waals surface area contributed by atoms with Gasteiger partial charge in [-0.25, -0.2) is 0 Å². The van der Waals surface area contributed by atoms with Gasteiger partial charge in [-0.2, -0.15) is 0 Å². The summed E-state index contributed by atoms with van der Waals surface area (Å²) in [6.45, 7) is 2.12. The van der Waals surface area contributed by atoms with Gasteiger partial charge in [0, 0.05) is 24.5 Å². The van der Waals surface area contributed by atoms with Gasteiger partial charge in [-0.3, -0.25) is 14.6 Å². The molecule has 1 fully saturated rings. The van der Waals surface area contributed by atoms with Crippen LogP contribution in [0.5, 0.6) is 5.75 Å². The van der Waals surface area contributed by atoms with Crippen LogP contribution in [0.2, 0.25) is 0 Å². The third-order valence-corrected chi connectivity index (χ3v) is 5.35. The number of hydrogen-bond acceptors (Lipinski definition) is 5. The molecule has 0 saturated carbocycles. The van der Waals surface area contributed by atoms with Crippen molar-refractivity contribution in [1.29, 1.82) is 0 Å². The molecule has 2 heterocycles. The number of aryl methyl sites for hydroxylation is 1. The normalized spacial score (nSPS) is 17.7.